The van der Waals surface area contributed by atoms with Crippen molar-refractivity contribution < 1.29 is 14.5 Å². The number of amides is 1. The number of rotatable bonds is 7. The molecule has 0 heterocycles. The maximum absolute atomic E-state index is 11.8. The molecular formula is C17H17N3O4. The van der Waals surface area contributed by atoms with Crippen LogP contribution in [0.4, 0.5) is 5.69 Å². The van der Waals surface area contributed by atoms with Gasteiger partial charge in [-0.25, -0.2) is 5.43 Å². The van der Waals surface area contributed by atoms with E-state index in [1.807, 2.05) is 19.1 Å². The topological polar surface area (TPSA) is 93.8 Å². The van der Waals surface area contributed by atoms with Gasteiger partial charge in [-0.3, -0.25) is 14.9 Å². The molecule has 0 spiro atoms. The van der Waals surface area contributed by atoms with Crippen LogP contribution in [0.25, 0.3) is 0 Å². The van der Waals surface area contributed by atoms with E-state index in [-0.39, 0.29) is 12.1 Å². The van der Waals surface area contributed by atoms with Gasteiger partial charge < -0.3 is 4.74 Å². The highest BCUT2D eigenvalue weighted by atomic mass is 16.6. The summed E-state index contributed by atoms with van der Waals surface area (Å²) in [6, 6.07) is 13.4. The fourth-order valence-electron chi connectivity index (χ4n) is 2.05. The van der Waals surface area contributed by atoms with Gasteiger partial charge in [0.25, 0.3) is 5.69 Å². The molecule has 0 unspecified atom stereocenters. The van der Waals surface area contributed by atoms with Gasteiger partial charge in [0.05, 0.1) is 24.2 Å². The van der Waals surface area contributed by atoms with E-state index in [1.165, 1.54) is 12.3 Å². The second kappa shape index (κ2) is 8.42. The van der Waals surface area contributed by atoms with Crippen LogP contribution >= 0.6 is 0 Å². The minimum Gasteiger partial charge on any atom is -0.494 e. The van der Waals surface area contributed by atoms with Gasteiger partial charge in [-0.1, -0.05) is 18.2 Å². The molecule has 0 bridgehead atoms. The summed E-state index contributed by atoms with van der Waals surface area (Å²) >= 11 is 0. The molecule has 24 heavy (non-hydrogen) atoms. The Balaban J connectivity index is 1.92. The van der Waals surface area contributed by atoms with Crippen molar-refractivity contribution in [2.45, 2.75) is 13.3 Å². The standard InChI is InChI=1S/C17H17N3O4/c1-2-24-15-9-7-13(8-10-15)12-18-19-17(21)11-14-5-3-4-6-16(14)20(22)23/h3-10,12H,2,11H2,1H3,(H,19,21). The Morgan fingerprint density at radius 2 is 1.96 bits per heavy atom. The number of nitro groups is 1. The summed E-state index contributed by atoms with van der Waals surface area (Å²) in [5, 5.41) is 14.8. The molecule has 0 aliphatic carbocycles. The van der Waals surface area contributed by atoms with Crippen LogP contribution in [0, 0.1) is 10.1 Å². The van der Waals surface area contributed by atoms with Gasteiger partial charge in [-0.05, 0) is 36.8 Å². The van der Waals surface area contributed by atoms with Crippen LogP contribution in [0.3, 0.4) is 0 Å². The molecule has 1 N–H and O–H groups in total. The summed E-state index contributed by atoms with van der Waals surface area (Å²) in [6.07, 6.45) is 1.38. The zero-order chi connectivity index (χ0) is 17.4. The smallest absolute Gasteiger partial charge is 0.273 e. The number of carbonyl (C=O) groups is 1. The summed E-state index contributed by atoms with van der Waals surface area (Å²) in [5.74, 6) is 0.335. The van der Waals surface area contributed by atoms with E-state index in [2.05, 4.69) is 10.5 Å². The number of nitro benzene ring substituents is 1. The number of nitrogens with one attached hydrogen (secondary N) is 1. The predicted molar refractivity (Wildman–Crippen MR) is 90.1 cm³/mol. The lowest BCUT2D eigenvalue weighted by Crippen LogP contribution is -2.20. The van der Waals surface area contributed by atoms with E-state index >= 15 is 0 Å². The van der Waals surface area contributed by atoms with Crippen LogP contribution in [0.5, 0.6) is 5.75 Å². The van der Waals surface area contributed by atoms with Gasteiger partial charge in [0, 0.05) is 11.6 Å². The summed E-state index contributed by atoms with van der Waals surface area (Å²) in [7, 11) is 0. The van der Waals surface area contributed by atoms with E-state index in [4.69, 9.17) is 4.74 Å². The third kappa shape index (κ3) is 4.91. The fourth-order valence-corrected chi connectivity index (χ4v) is 2.05. The number of hydrogen-bond acceptors (Lipinski definition) is 5. The Morgan fingerprint density at radius 3 is 2.62 bits per heavy atom. The van der Waals surface area contributed by atoms with Crippen LogP contribution in [0.15, 0.2) is 53.6 Å². The SMILES string of the molecule is CCOc1ccc(C=NNC(=O)Cc2ccccc2[N+](=O)[O-])cc1. The van der Waals surface area contributed by atoms with Gasteiger partial charge in [0.1, 0.15) is 5.75 Å². The summed E-state index contributed by atoms with van der Waals surface area (Å²) in [4.78, 5) is 22.3. The predicted octanol–water partition coefficient (Wildman–Crippen LogP) is 2.69. The first-order valence-corrected chi connectivity index (χ1v) is 7.37. The number of hydrogen-bond donors (Lipinski definition) is 1. The minimum absolute atomic E-state index is 0.0804. The lowest BCUT2D eigenvalue weighted by Gasteiger charge is -2.03. The van der Waals surface area contributed by atoms with Gasteiger partial charge in [-0.2, -0.15) is 5.10 Å². The number of ether oxygens (including phenoxy) is 1. The molecule has 0 fully saturated rings. The van der Waals surface area contributed by atoms with E-state index in [0.717, 1.165) is 11.3 Å². The quantitative estimate of drug-likeness (QED) is 0.480. The van der Waals surface area contributed by atoms with Gasteiger partial charge in [0.2, 0.25) is 5.91 Å². The molecule has 0 aliphatic rings. The third-order valence-electron chi connectivity index (χ3n) is 3.13. The van der Waals surface area contributed by atoms with Crippen molar-refractivity contribution in [1.82, 2.24) is 5.43 Å². The Labute approximate surface area is 139 Å². The monoisotopic (exact) mass is 327 g/mol. The summed E-state index contributed by atoms with van der Waals surface area (Å²) in [5.41, 5.74) is 3.42. The molecule has 1 amide bonds. The first kappa shape index (κ1) is 17.1. The molecule has 0 saturated carbocycles. The second-order valence-electron chi connectivity index (χ2n) is 4.86. The van der Waals surface area contributed by atoms with Crippen molar-refractivity contribution in [2.75, 3.05) is 6.61 Å². The number of para-hydroxylation sites is 1. The molecule has 2 aromatic carbocycles. The van der Waals surface area contributed by atoms with E-state index < -0.39 is 10.8 Å². The second-order valence-corrected chi connectivity index (χ2v) is 4.86. The number of nitrogens with zero attached hydrogens (tertiary/aromatic N) is 2. The highest BCUT2D eigenvalue weighted by molar-refractivity contribution is 5.83. The van der Waals surface area contributed by atoms with Crippen molar-refractivity contribution >= 4 is 17.8 Å². The van der Waals surface area contributed by atoms with Crippen molar-refractivity contribution in [2.24, 2.45) is 5.10 Å². The molecule has 124 valence electrons. The Bertz CT molecular complexity index is 742. The molecule has 0 atom stereocenters. The molecule has 0 saturated heterocycles. The first-order chi connectivity index (χ1) is 11.6. The molecular weight excluding hydrogens is 310 g/mol. The number of benzene rings is 2. The zero-order valence-electron chi connectivity index (χ0n) is 13.1. The molecule has 7 nitrogen and oxygen atoms in total. The van der Waals surface area contributed by atoms with Crippen LogP contribution in [-0.2, 0) is 11.2 Å². The van der Waals surface area contributed by atoms with Crippen LogP contribution in [0.1, 0.15) is 18.1 Å². The van der Waals surface area contributed by atoms with Crippen molar-refractivity contribution in [3.05, 3.63) is 69.8 Å². The number of hydrazone groups is 1. The third-order valence-corrected chi connectivity index (χ3v) is 3.13. The van der Waals surface area contributed by atoms with Crippen LogP contribution < -0.4 is 10.2 Å². The fraction of sp³-hybridized carbons (Fsp3) is 0.176. The lowest BCUT2D eigenvalue weighted by molar-refractivity contribution is -0.385. The highest BCUT2D eigenvalue weighted by Gasteiger charge is 2.14. The van der Waals surface area contributed by atoms with Crippen molar-refractivity contribution in [3.8, 4) is 5.75 Å². The lowest BCUT2D eigenvalue weighted by atomic mass is 10.1. The van der Waals surface area contributed by atoms with Crippen molar-refractivity contribution in [1.29, 1.82) is 0 Å². The summed E-state index contributed by atoms with van der Waals surface area (Å²) in [6.45, 7) is 2.50. The minimum atomic E-state index is -0.508. The van der Waals surface area contributed by atoms with Crippen LogP contribution in [0.2, 0.25) is 0 Å². The zero-order valence-corrected chi connectivity index (χ0v) is 13.1. The summed E-state index contributed by atoms with van der Waals surface area (Å²) < 4.78 is 5.33. The maximum atomic E-state index is 11.8. The number of carbonyl (C=O) groups excluding carboxylic acids is 1. The Kier molecular flexibility index (Phi) is 6.01. The molecule has 2 rings (SSSR count). The Hall–Kier alpha value is -3.22. The Morgan fingerprint density at radius 1 is 1.25 bits per heavy atom. The van der Waals surface area contributed by atoms with Crippen molar-refractivity contribution in [3.63, 3.8) is 0 Å². The van der Waals surface area contributed by atoms with Gasteiger partial charge in [0.15, 0.2) is 0 Å². The average molecular weight is 327 g/mol. The van der Waals surface area contributed by atoms with Crippen LogP contribution in [-0.4, -0.2) is 23.7 Å². The molecule has 2 aromatic rings. The van der Waals surface area contributed by atoms with E-state index in [0.29, 0.717) is 12.2 Å². The first-order valence-electron chi connectivity index (χ1n) is 7.37. The molecule has 0 aromatic heterocycles. The van der Waals surface area contributed by atoms with Gasteiger partial charge >= 0.3 is 0 Å². The molecule has 0 radical (unpaired) electrons. The average Bonchev–Trinajstić information content (AvgIpc) is 2.57. The van der Waals surface area contributed by atoms with Gasteiger partial charge in [-0.15, -0.1) is 0 Å². The largest absolute Gasteiger partial charge is 0.494 e. The van der Waals surface area contributed by atoms with E-state index in [1.54, 1.807) is 30.3 Å². The maximum Gasteiger partial charge on any atom is 0.273 e. The molecule has 7 heteroatoms. The van der Waals surface area contributed by atoms with E-state index in [9.17, 15) is 14.9 Å². The normalized spacial score (nSPS) is 10.5. The highest BCUT2D eigenvalue weighted by Crippen LogP contribution is 2.17. The molecule has 0 aliphatic heterocycles.